The largest absolute Gasteiger partial charge is 0.497 e. The van der Waals surface area contributed by atoms with Crippen LogP contribution < -0.4 is 13.7 Å². The highest BCUT2D eigenvalue weighted by molar-refractivity contribution is 7.87. The lowest BCUT2D eigenvalue weighted by molar-refractivity contribution is -0.137. The minimum Gasteiger partial charge on any atom is -0.497 e. The summed E-state index contributed by atoms with van der Waals surface area (Å²) in [5.74, 6) is 0.656. The molecule has 0 aliphatic carbocycles. The highest BCUT2D eigenvalue weighted by atomic mass is 32.2. The van der Waals surface area contributed by atoms with Crippen molar-refractivity contribution in [2.45, 2.75) is 31.3 Å². The van der Waals surface area contributed by atoms with E-state index in [4.69, 9.17) is 18.4 Å². The Balaban J connectivity index is 2.32. The fraction of sp³-hybridized carbons (Fsp3) is 0.381. The molecule has 0 bridgehead atoms. The minimum absolute atomic E-state index is 0.0187. The van der Waals surface area contributed by atoms with Crippen LogP contribution in [0.25, 0.3) is 0 Å². The summed E-state index contributed by atoms with van der Waals surface area (Å²) in [5, 5.41) is 0. The van der Waals surface area contributed by atoms with E-state index in [0.29, 0.717) is 11.3 Å². The van der Waals surface area contributed by atoms with Gasteiger partial charge in [-0.3, -0.25) is 4.79 Å². The highest BCUT2D eigenvalue weighted by Crippen LogP contribution is 2.32. The topological polar surface area (TPSA) is 91.4 Å². The van der Waals surface area contributed by atoms with Crippen LogP contribution in [0.2, 0.25) is 0 Å². The molecular formula is C21H27NO7S. The molecule has 0 atom stereocenters. The number of benzene rings is 2. The Labute approximate surface area is 177 Å². The molecule has 0 radical (unpaired) electrons. The van der Waals surface area contributed by atoms with Gasteiger partial charge in [0, 0.05) is 19.7 Å². The van der Waals surface area contributed by atoms with Gasteiger partial charge in [0.15, 0.2) is 11.5 Å². The number of hydrogen-bond acceptors (Lipinski definition) is 7. The van der Waals surface area contributed by atoms with Crippen LogP contribution in [0.5, 0.6) is 17.2 Å². The van der Waals surface area contributed by atoms with E-state index in [0.717, 1.165) is 0 Å². The molecule has 0 saturated carbocycles. The van der Waals surface area contributed by atoms with Gasteiger partial charge >= 0.3 is 10.1 Å². The summed E-state index contributed by atoms with van der Waals surface area (Å²) < 4.78 is 46.0. The molecule has 0 fully saturated rings. The number of methoxy groups -OCH3 is 3. The summed E-state index contributed by atoms with van der Waals surface area (Å²) in [6.07, 6.45) is 0. The Bertz CT molecular complexity index is 956. The fourth-order valence-corrected chi connectivity index (χ4v) is 3.69. The first-order chi connectivity index (χ1) is 14.2. The average molecular weight is 438 g/mol. The second-order valence-corrected chi connectivity index (χ2v) is 8.29. The molecule has 30 heavy (non-hydrogen) atoms. The zero-order valence-electron chi connectivity index (χ0n) is 17.7. The molecule has 8 nitrogen and oxygen atoms in total. The summed E-state index contributed by atoms with van der Waals surface area (Å²) in [6, 6.07) is 10.7. The zero-order valence-corrected chi connectivity index (χ0v) is 18.6. The first kappa shape index (κ1) is 23.5. The number of rotatable bonds is 10. The van der Waals surface area contributed by atoms with Crippen LogP contribution in [0.3, 0.4) is 0 Å². The van der Waals surface area contributed by atoms with E-state index in [1.54, 1.807) is 23.1 Å². The summed E-state index contributed by atoms with van der Waals surface area (Å²) >= 11 is 0. The van der Waals surface area contributed by atoms with Crippen LogP contribution in [-0.2, 0) is 26.2 Å². The van der Waals surface area contributed by atoms with E-state index in [1.807, 2.05) is 13.8 Å². The Hall–Kier alpha value is -2.78. The van der Waals surface area contributed by atoms with Gasteiger partial charge in [0.2, 0.25) is 5.91 Å². The van der Waals surface area contributed by atoms with E-state index in [-0.39, 0.29) is 41.5 Å². The Kier molecular flexibility index (Phi) is 8.08. The zero-order chi connectivity index (χ0) is 22.3. The van der Waals surface area contributed by atoms with Gasteiger partial charge in [-0.1, -0.05) is 6.07 Å². The van der Waals surface area contributed by atoms with E-state index < -0.39 is 10.1 Å². The predicted octanol–water partition coefficient (Wildman–Crippen LogP) is 2.85. The molecule has 0 saturated heterocycles. The molecule has 2 aromatic carbocycles. The normalized spacial score (nSPS) is 11.3. The molecule has 2 rings (SSSR count). The number of ether oxygens (including phenoxy) is 3. The lowest BCUT2D eigenvalue weighted by atomic mass is 10.1. The summed E-state index contributed by atoms with van der Waals surface area (Å²) in [6.45, 7) is 4.01. The third-order valence-electron chi connectivity index (χ3n) is 4.34. The van der Waals surface area contributed by atoms with Crippen molar-refractivity contribution in [3.63, 3.8) is 0 Å². The van der Waals surface area contributed by atoms with Crippen molar-refractivity contribution in [1.29, 1.82) is 0 Å². The Morgan fingerprint density at radius 2 is 1.63 bits per heavy atom. The van der Waals surface area contributed by atoms with Crippen molar-refractivity contribution >= 4 is 16.0 Å². The second-order valence-electron chi connectivity index (χ2n) is 6.75. The molecule has 0 spiro atoms. The van der Waals surface area contributed by atoms with E-state index in [9.17, 15) is 13.2 Å². The van der Waals surface area contributed by atoms with E-state index in [1.165, 1.54) is 45.6 Å². The predicted molar refractivity (Wildman–Crippen MR) is 111 cm³/mol. The maximum atomic E-state index is 12.7. The van der Waals surface area contributed by atoms with Gasteiger partial charge in [-0.25, -0.2) is 0 Å². The molecule has 0 unspecified atom stereocenters. The molecular weight excluding hydrogens is 410 g/mol. The van der Waals surface area contributed by atoms with Gasteiger partial charge in [-0.15, -0.1) is 0 Å². The molecule has 2 aromatic rings. The maximum Gasteiger partial charge on any atom is 0.339 e. The first-order valence-corrected chi connectivity index (χ1v) is 10.7. The van der Waals surface area contributed by atoms with Gasteiger partial charge in [0.25, 0.3) is 0 Å². The van der Waals surface area contributed by atoms with E-state index >= 15 is 0 Å². The molecule has 164 valence electrons. The van der Waals surface area contributed by atoms with Crippen LogP contribution in [-0.4, -0.2) is 53.2 Å². The molecule has 0 heterocycles. The number of carbonyl (C=O) groups is 1. The van der Waals surface area contributed by atoms with Crippen LogP contribution in [0.1, 0.15) is 19.4 Å². The Morgan fingerprint density at radius 1 is 0.967 bits per heavy atom. The van der Waals surface area contributed by atoms with Crippen LogP contribution in [0.15, 0.2) is 47.4 Å². The minimum atomic E-state index is -4.09. The third kappa shape index (κ3) is 5.87. The third-order valence-corrected chi connectivity index (χ3v) is 5.59. The number of nitrogens with zero attached hydrogens (tertiary/aromatic N) is 1. The van der Waals surface area contributed by atoms with Gasteiger partial charge in [0.05, 0.1) is 14.2 Å². The fourth-order valence-electron chi connectivity index (χ4n) is 2.76. The van der Waals surface area contributed by atoms with Crippen molar-refractivity contribution in [2.24, 2.45) is 0 Å². The van der Waals surface area contributed by atoms with Crippen molar-refractivity contribution < 1.29 is 31.6 Å². The first-order valence-electron chi connectivity index (χ1n) is 9.25. The van der Waals surface area contributed by atoms with Crippen molar-refractivity contribution in [3.05, 3.63) is 48.0 Å². The summed E-state index contributed by atoms with van der Waals surface area (Å²) in [4.78, 5) is 13.9. The molecule has 0 aliphatic heterocycles. The molecule has 0 N–H and O–H groups in total. The molecule has 1 amide bonds. The highest BCUT2D eigenvalue weighted by Gasteiger charge is 2.22. The second kappa shape index (κ2) is 10.3. The standard InChI is InChI=1S/C21H27NO7S/c1-15(2)22(21(23)14-26-3)13-16-6-11-19(28-5)20(12-16)29-30(24,25)18-9-7-17(27-4)8-10-18/h6-12,15H,13-14H2,1-5H3. The van der Waals surface area contributed by atoms with Gasteiger partial charge in [-0.05, 0) is 55.8 Å². The molecule has 0 aromatic heterocycles. The molecule has 0 aliphatic rings. The van der Waals surface area contributed by atoms with Crippen LogP contribution in [0.4, 0.5) is 0 Å². The lowest BCUT2D eigenvalue weighted by Gasteiger charge is -2.27. The Morgan fingerprint density at radius 3 is 2.17 bits per heavy atom. The van der Waals surface area contributed by atoms with E-state index in [2.05, 4.69) is 0 Å². The van der Waals surface area contributed by atoms with Crippen LogP contribution in [0, 0.1) is 0 Å². The number of amides is 1. The smallest absolute Gasteiger partial charge is 0.339 e. The monoisotopic (exact) mass is 437 g/mol. The maximum absolute atomic E-state index is 12.7. The average Bonchev–Trinajstić information content (AvgIpc) is 2.71. The van der Waals surface area contributed by atoms with Gasteiger partial charge < -0.3 is 23.3 Å². The quantitative estimate of drug-likeness (QED) is 0.528. The van der Waals surface area contributed by atoms with Crippen molar-refractivity contribution in [1.82, 2.24) is 4.90 Å². The van der Waals surface area contributed by atoms with Crippen LogP contribution >= 0.6 is 0 Å². The SMILES string of the molecule is COCC(=O)N(Cc1ccc(OC)c(OS(=O)(=O)c2ccc(OC)cc2)c1)C(C)C. The number of hydrogen-bond donors (Lipinski definition) is 0. The van der Waals surface area contributed by atoms with Gasteiger partial charge in [-0.2, -0.15) is 8.42 Å². The van der Waals surface area contributed by atoms with Crippen molar-refractivity contribution in [3.8, 4) is 17.2 Å². The van der Waals surface area contributed by atoms with Gasteiger partial charge in [0.1, 0.15) is 17.3 Å². The van der Waals surface area contributed by atoms with Crippen molar-refractivity contribution in [2.75, 3.05) is 27.9 Å². The summed E-state index contributed by atoms with van der Waals surface area (Å²) in [7, 11) is 0.280. The lowest BCUT2D eigenvalue weighted by Crippen LogP contribution is -2.38. The summed E-state index contributed by atoms with van der Waals surface area (Å²) in [5.41, 5.74) is 0.689. The molecule has 9 heteroatoms. The number of carbonyl (C=O) groups excluding carboxylic acids is 1.